The zero-order valence-corrected chi connectivity index (χ0v) is 21.4. The molecular weight excluding hydrogens is 511 g/mol. The lowest BCUT2D eigenvalue weighted by atomic mass is 10.1. The maximum absolute atomic E-state index is 15.0. The van der Waals surface area contributed by atoms with Gasteiger partial charge in [0.1, 0.15) is 22.3 Å². The number of aryl methyl sites for hydroxylation is 1. The van der Waals surface area contributed by atoms with Crippen LogP contribution < -0.4 is 20.1 Å². The smallest absolute Gasteiger partial charge is 0.269 e. The van der Waals surface area contributed by atoms with E-state index in [0.717, 1.165) is 5.52 Å². The minimum atomic E-state index is -0.560. The summed E-state index contributed by atoms with van der Waals surface area (Å²) in [5, 5.41) is 5.97. The van der Waals surface area contributed by atoms with Crippen LogP contribution in [0, 0.1) is 5.82 Å². The number of pyridine rings is 2. The van der Waals surface area contributed by atoms with Gasteiger partial charge in [-0.3, -0.25) is 9.78 Å². The van der Waals surface area contributed by atoms with Crippen LogP contribution in [-0.4, -0.2) is 39.6 Å². The number of amides is 1. The maximum Gasteiger partial charge on any atom is 0.269 e. The summed E-state index contributed by atoms with van der Waals surface area (Å²) in [6.45, 7) is 0. The van der Waals surface area contributed by atoms with Crippen molar-refractivity contribution in [2.24, 2.45) is 7.05 Å². The van der Waals surface area contributed by atoms with Crippen LogP contribution in [0.1, 0.15) is 10.5 Å². The quantitative estimate of drug-likeness (QED) is 0.258. The lowest BCUT2D eigenvalue weighted by molar-refractivity contribution is 0.0958. The first-order valence-electron chi connectivity index (χ1n) is 11.5. The van der Waals surface area contributed by atoms with E-state index in [-0.39, 0.29) is 22.5 Å². The van der Waals surface area contributed by atoms with Gasteiger partial charge in [0.05, 0.1) is 23.8 Å². The average Bonchev–Trinajstić information content (AvgIpc) is 3.22. The molecule has 0 saturated carbocycles. The Labute approximate surface area is 222 Å². The number of rotatable bonds is 7. The predicted octanol–water partition coefficient (Wildman–Crippen LogP) is 5.73. The van der Waals surface area contributed by atoms with Gasteiger partial charge < -0.3 is 24.7 Å². The van der Waals surface area contributed by atoms with Crippen LogP contribution in [0.15, 0.2) is 67.0 Å². The van der Waals surface area contributed by atoms with E-state index in [1.165, 1.54) is 26.4 Å². The van der Waals surface area contributed by atoms with Gasteiger partial charge in [0.2, 0.25) is 5.95 Å². The summed E-state index contributed by atoms with van der Waals surface area (Å²) in [5.74, 6) is 0.597. The number of fused-ring (bicyclic) bond motifs is 1. The van der Waals surface area contributed by atoms with Gasteiger partial charge in [0.15, 0.2) is 11.6 Å². The molecule has 0 saturated heterocycles. The number of halogens is 2. The molecular formula is C27H22ClFN6O3. The molecule has 5 rings (SSSR count). The van der Waals surface area contributed by atoms with Crippen molar-refractivity contribution in [3.05, 3.63) is 83.7 Å². The van der Waals surface area contributed by atoms with Crippen LogP contribution in [0.4, 0.5) is 16.0 Å². The van der Waals surface area contributed by atoms with Gasteiger partial charge in [0.25, 0.3) is 5.91 Å². The molecule has 0 unspecified atom stereocenters. The van der Waals surface area contributed by atoms with Crippen LogP contribution in [0.2, 0.25) is 5.15 Å². The molecule has 2 aromatic carbocycles. The Morgan fingerprint density at radius 3 is 2.63 bits per heavy atom. The van der Waals surface area contributed by atoms with Gasteiger partial charge in [-0.25, -0.2) is 14.4 Å². The number of hydrogen-bond acceptors (Lipinski definition) is 7. The Bertz CT molecular complexity index is 1670. The zero-order chi connectivity index (χ0) is 26.8. The summed E-state index contributed by atoms with van der Waals surface area (Å²) in [6.07, 6.45) is 3.07. The second-order valence-corrected chi connectivity index (χ2v) is 8.57. The first kappa shape index (κ1) is 25.0. The number of hydrogen-bond donors (Lipinski definition) is 2. The minimum absolute atomic E-state index is 0.0365. The monoisotopic (exact) mass is 532 g/mol. The molecule has 0 aliphatic heterocycles. The highest BCUT2D eigenvalue weighted by Crippen LogP contribution is 2.37. The van der Waals surface area contributed by atoms with Gasteiger partial charge in [-0.05, 0) is 48.0 Å². The molecule has 0 bridgehead atoms. The van der Waals surface area contributed by atoms with Crippen molar-refractivity contribution < 1.29 is 18.7 Å². The summed E-state index contributed by atoms with van der Waals surface area (Å²) >= 11 is 6.24. The zero-order valence-electron chi connectivity index (χ0n) is 20.6. The fourth-order valence-corrected chi connectivity index (χ4v) is 4.22. The molecule has 0 atom stereocenters. The summed E-state index contributed by atoms with van der Waals surface area (Å²) < 4.78 is 28.1. The molecule has 3 aromatic heterocycles. The van der Waals surface area contributed by atoms with E-state index in [4.69, 9.17) is 21.1 Å². The van der Waals surface area contributed by atoms with Crippen molar-refractivity contribution in [2.75, 3.05) is 19.5 Å². The van der Waals surface area contributed by atoms with E-state index in [9.17, 15) is 9.18 Å². The number of carbonyl (C=O) groups is 1. The highest BCUT2D eigenvalue weighted by atomic mass is 35.5. The molecule has 0 fully saturated rings. The van der Waals surface area contributed by atoms with Crippen LogP contribution in [0.5, 0.6) is 17.2 Å². The fourth-order valence-electron chi connectivity index (χ4n) is 3.99. The number of methoxy groups -OCH3 is 1. The van der Waals surface area contributed by atoms with Crippen LogP contribution in [-0.2, 0) is 7.05 Å². The first-order valence-corrected chi connectivity index (χ1v) is 11.8. The van der Waals surface area contributed by atoms with E-state index in [1.54, 1.807) is 48.7 Å². The summed E-state index contributed by atoms with van der Waals surface area (Å²) in [7, 11) is 4.77. The summed E-state index contributed by atoms with van der Waals surface area (Å²) in [6, 6.07) is 15.2. The standard InChI is InChI=1S/C27H22ClFN6O3/c1-30-26(36)22-14-17(8-10-31-22)38-16-6-7-23-20(13-16)33-27(35(23)2)34-21-12-15(11-19(29)24(21)37-3)18-5-4-9-32-25(18)28/h4-14H,1-3H3,(H,30,36)(H,33,34). The van der Waals surface area contributed by atoms with Gasteiger partial charge in [-0.1, -0.05) is 11.6 Å². The third kappa shape index (κ3) is 4.81. The molecule has 192 valence electrons. The molecule has 0 aliphatic carbocycles. The van der Waals surface area contributed by atoms with E-state index in [2.05, 4.69) is 25.6 Å². The van der Waals surface area contributed by atoms with Gasteiger partial charge in [-0.15, -0.1) is 0 Å². The molecule has 38 heavy (non-hydrogen) atoms. The fraction of sp³-hybridized carbons (Fsp3) is 0.111. The largest absolute Gasteiger partial charge is 0.492 e. The Morgan fingerprint density at radius 1 is 1.05 bits per heavy atom. The van der Waals surface area contributed by atoms with Crippen LogP contribution in [0.25, 0.3) is 22.2 Å². The highest BCUT2D eigenvalue weighted by Gasteiger charge is 2.18. The van der Waals surface area contributed by atoms with E-state index in [1.807, 2.05) is 17.7 Å². The van der Waals surface area contributed by atoms with Gasteiger partial charge in [0, 0.05) is 44.2 Å². The molecule has 3 heterocycles. The molecule has 0 radical (unpaired) electrons. The Balaban J connectivity index is 1.48. The number of benzene rings is 2. The number of nitrogens with one attached hydrogen (secondary N) is 2. The third-order valence-corrected chi connectivity index (χ3v) is 6.14. The van der Waals surface area contributed by atoms with Gasteiger partial charge in [-0.2, -0.15) is 0 Å². The number of ether oxygens (including phenoxy) is 2. The summed E-state index contributed by atoms with van der Waals surface area (Å²) in [5.41, 5.74) is 3.18. The lowest BCUT2D eigenvalue weighted by Crippen LogP contribution is -2.18. The normalized spacial score (nSPS) is 10.9. The summed E-state index contributed by atoms with van der Waals surface area (Å²) in [4.78, 5) is 24.7. The third-order valence-electron chi connectivity index (χ3n) is 5.84. The van der Waals surface area contributed by atoms with Crippen molar-refractivity contribution in [3.8, 4) is 28.4 Å². The van der Waals surface area contributed by atoms with Crippen molar-refractivity contribution in [1.82, 2.24) is 24.8 Å². The Morgan fingerprint density at radius 2 is 1.87 bits per heavy atom. The minimum Gasteiger partial charge on any atom is -0.492 e. The average molecular weight is 533 g/mol. The van der Waals surface area contributed by atoms with Crippen molar-refractivity contribution in [1.29, 1.82) is 0 Å². The van der Waals surface area contributed by atoms with E-state index >= 15 is 0 Å². The Kier molecular flexibility index (Phi) is 6.80. The molecule has 9 nitrogen and oxygen atoms in total. The second-order valence-electron chi connectivity index (χ2n) is 8.21. The van der Waals surface area contributed by atoms with Crippen LogP contribution >= 0.6 is 11.6 Å². The van der Waals surface area contributed by atoms with Crippen molar-refractivity contribution >= 4 is 40.2 Å². The maximum atomic E-state index is 15.0. The Hall–Kier alpha value is -4.70. The molecule has 5 aromatic rings. The van der Waals surface area contributed by atoms with Gasteiger partial charge >= 0.3 is 0 Å². The molecule has 11 heteroatoms. The second kappa shape index (κ2) is 10.3. The molecule has 2 N–H and O–H groups in total. The number of aromatic nitrogens is 4. The molecule has 1 amide bonds. The van der Waals surface area contributed by atoms with E-state index < -0.39 is 5.82 Å². The number of imidazole rings is 1. The number of carbonyl (C=O) groups excluding carboxylic acids is 1. The number of nitrogens with zero attached hydrogens (tertiary/aromatic N) is 4. The topological polar surface area (TPSA) is 103 Å². The molecule has 0 spiro atoms. The highest BCUT2D eigenvalue weighted by molar-refractivity contribution is 6.32. The van der Waals surface area contributed by atoms with E-state index in [0.29, 0.717) is 39.8 Å². The number of anilines is 2. The first-order chi connectivity index (χ1) is 18.4. The lowest BCUT2D eigenvalue weighted by Gasteiger charge is -2.14. The SMILES string of the molecule is CNC(=O)c1cc(Oc2ccc3c(c2)nc(Nc2cc(-c4cccnc4Cl)cc(F)c2OC)n3C)ccn1. The van der Waals surface area contributed by atoms with Crippen molar-refractivity contribution in [3.63, 3.8) is 0 Å². The molecule has 0 aliphatic rings. The van der Waals surface area contributed by atoms with Crippen LogP contribution in [0.3, 0.4) is 0 Å². The predicted molar refractivity (Wildman–Crippen MR) is 143 cm³/mol. The van der Waals surface area contributed by atoms with Crippen molar-refractivity contribution in [2.45, 2.75) is 0 Å².